The number of rotatable bonds is 13. The van der Waals surface area contributed by atoms with Crippen molar-refractivity contribution in [1.82, 2.24) is 16.0 Å². The number of carbonyl (C=O) groups excluding carboxylic acids is 4. The minimum atomic E-state index is -1.65. The molecule has 0 saturated carbocycles. The van der Waals surface area contributed by atoms with Gasteiger partial charge in [-0.3, -0.25) is 19.2 Å². The molecule has 14 heteroatoms. The van der Waals surface area contributed by atoms with E-state index in [4.69, 9.17) is 16.6 Å². The van der Waals surface area contributed by atoms with Crippen LogP contribution in [-0.2, 0) is 24.0 Å². The molecule has 0 aliphatic heterocycles. The van der Waals surface area contributed by atoms with E-state index in [0.29, 0.717) is 0 Å². The number of aliphatic hydroxyl groups excluding tert-OH is 3. The Morgan fingerprint density at radius 2 is 1.40 bits per heavy atom. The van der Waals surface area contributed by atoms with Crippen LogP contribution in [0.25, 0.3) is 0 Å². The number of aliphatic carboxylic acids is 1. The topological polar surface area (TPSA) is 254 Å². The monoisotopic (exact) mass is 435 g/mol. The van der Waals surface area contributed by atoms with Crippen LogP contribution in [0.3, 0.4) is 0 Å². The molecule has 0 rings (SSSR count). The Labute approximate surface area is 172 Å². The number of hydrogen-bond acceptors (Lipinski definition) is 9. The third kappa shape index (κ3) is 9.13. The van der Waals surface area contributed by atoms with Gasteiger partial charge in [-0.15, -0.1) is 0 Å². The molecule has 6 atom stereocenters. The molecule has 0 heterocycles. The molecular weight excluding hydrogens is 406 g/mol. The molecule has 0 fully saturated rings. The fourth-order valence-electron chi connectivity index (χ4n) is 2.15. The van der Waals surface area contributed by atoms with Crippen molar-refractivity contribution in [3.8, 4) is 0 Å². The molecule has 0 aromatic carbocycles. The highest BCUT2D eigenvalue weighted by Crippen LogP contribution is 2.02. The normalized spacial score (nSPS) is 16.9. The quantitative estimate of drug-likeness (QED) is 0.133. The largest absolute Gasteiger partial charge is 0.480 e. The Morgan fingerprint density at radius 1 is 0.867 bits per heavy atom. The van der Waals surface area contributed by atoms with Crippen LogP contribution >= 0.6 is 0 Å². The van der Waals surface area contributed by atoms with Gasteiger partial charge in [0.05, 0.1) is 18.8 Å². The van der Waals surface area contributed by atoms with Crippen molar-refractivity contribution >= 4 is 29.6 Å². The Kier molecular flexibility index (Phi) is 11.5. The Bertz CT molecular complexity index is 641. The SMILES string of the molecule is CC(O)C(N)C(=O)NC(CO)C(=O)NC(C(=O)NC(CCC(N)=O)C(=O)O)C(C)O. The predicted octanol–water partition coefficient (Wildman–Crippen LogP) is -5.13. The second kappa shape index (κ2) is 12.7. The van der Waals surface area contributed by atoms with Crippen molar-refractivity contribution in [1.29, 1.82) is 0 Å². The summed E-state index contributed by atoms with van der Waals surface area (Å²) in [5.74, 6) is -5.36. The third-order valence-electron chi connectivity index (χ3n) is 3.99. The van der Waals surface area contributed by atoms with Crippen LogP contribution < -0.4 is 27.4 Å². The number of carboxylic acid groups (broad SMARTS) is 1. The number of amides is 4. The predicted molar refractivity (Wildman–Crippen MR) is 100 cm³/mol. The van der Waals surface area contributed by atoms with Gasteiger partial charge >= 0.3 is 5.97 Å². The van der Waals surface area contributed by atoms with Crippen LogP contribution in [0.15, 0.2) is 0 Å². The molecule has 6 unspecified atom stereocenters. The average molecular weight is 435 g/mol. The molecule has 0 saturated heterocycles. The standard InChI is InChI=1S/C16H29N5O9/c1-6(23)11(18)14(27)20-9(5-22)13(26)21-12(7(2)24)15(28)19-8(16(29)30)3-4-10(17)25/h6-9,11-12,22-24H,3-5,18H2,1-2H3,(H2,17,25)(H,19,28)(H,20,27)(H,21,26)(H,29,30). The minimum Gasteiger partial charge on any atom is -0.480 e. The Hall–Kier alpha value is -2.81. The number of nitrogens with two attached hydrogens (primary N) is 2. The maximum absolute atomic E-state index is 12.3. The van der Waals surface area contributed by atoms with Crippen molar-refractivity contribution in [3.05, 3.63) is 0 Å². The van der Waals surface area contributed by atoms with Gasteiger partial charge in [-0.05, 0) is 20.3 Å². The first-order chi connectivity index (χ1) is 13.8. The van der Waals surface area contributed by atoms with Gasteiger partial charge in [0.25, 0.3) is 0 Å². The van der Waals surface area contributed by atoms with E-state index in [-0.39, 0.29) is 12.8 Å². The van der Waals surface area contributed by atoms with E-state index in [9.17, 15) is 39.3 Å². The first-order valence-electron chi connectivity index (χ1n) is 8.96. The Balaban J connectivity index is 5.20. The Morgan fingerprint density at radius 3 is 1.80 bits per heavy atom. The molecule has 0 aromatic heterocycles. The van der Waals surface area contributed by atoms with Gasteiger partial charge < -0.3 is 47.8 Å². The van der Waals surface area contributed by atoms with E-state index in [1.165, 1.54) is 6.92 Å². The molecule has 14 nitrogen and oxygen atoms in total. The fourth-order valence-corrected chi connectivity index (χ4v) is 2.15. The number of carboxylic acids is 1. The lowest BCUT2D eigenvalue weighted by molar-refractivity contribution is -0.143. The van der Waals surface area contributed by atoms with E-state index in [0.717, 1.165) is 6.92 Å². The molecule has 4 amide bonds. The first-order valence-corrected chi connectivity index (χ1v) is 8.96. The molecule has 0 aliphatic rings. The highest BCUT2D eigenvalue weighted by Gasteiger charge is 2.33. The molecular formula is C16H29N5O9. The fraction of sp³-hybridized carbons (Fsp3) is 0.688. The third-order valence-corrected chi connectivity index (χ3v) is 3.99. The van der Waals surface area contributed by atoms with E-state index >= 15 is 0 Å². The van der Waals surface area contributed by atoms with Crippen LogP contribution in [0.5, 0.6) is 0 Å². The smallest absolute Gasteiger partial charge is 0.326 e. The minimum absolute atomic E-state index is 0.316. The van der Waals surface area contributed by atoms with Crippen molar-refractivity contribution in [2.24, 2.45) is 11.5 Å². The number of primary amides is 1. The highest BCUT2D eigenvalue weighted by molar-refractivity contribution is 5.94. The second-order valence-corrected chi connectivity index (χ2v) is 6.64. The first kappa shape index (κ1) is 27.2. The lowest BCUT2D eigenvalue weighted by atomic mass is 10.1. The van der Waals surface area contributed by atoms with Crippen LogP contribution in [-0.4, -0.2) is 93.0 Å². The number of nitrogens with one attached hydrogen (secondary N) is 3. The summed E-state index contributed by atoms with van der Waals surface area (Å²) in [5.41, 5.74) is 10.4. The van der Waals surface area contributed by atoms with Gasteiger partial charge in [-0.25, -0.2) is 4.79 Å². The summed E-state index contributed by atoms with van der Waals surface area (Å²) in [6.07, 6.45) is -3.37. The maximum Gasteiger partial charge on any atom is 0.326 e. The van der Waals surface area contributed by atoms with Gasteiger partial charge in [0.1, 0.15) is 24.2 Å². The van der Waals surface area contributed by atoms with Crippen molar-refractivity contribution in [2.45, 2.75) is 63.1 Å². The van der Waals surface area contributed by atoms with E-state index < -0.39 is 72.6 Å². The molecule has 30 heavy (non-hydrogen) atoms. The van der Waals surface area contributed by atoms with Gasteiger partial charge in [-0.2, -0.15) is 0 Å². The van der Waals surface area contributed by atoms with Crippen LogP contribution in [0.1, 0.15) is 26.7 Å². The van der Waals surface area contributed by atoms with Gasteiger partial charge in [0, 0.05) is 6.42 Å². The highest BCUT2D eigenvalue weighted by atomic mass is 16.4. The summed E-state index contributed by atoms with van der Waals surface area (Å²) in [6.45, 7) is 1.48. The van der Waals surface area contributed by atoms with Crippen LogP contribution in [0.2, 0.25) is 0 Å². The molecule has 0 radical (unpaired) electrons. The zero-order valence-corrected chi connectivity index (χ0v) is 16.6. The maximum atomic E-state index is 12.3. The van der Waals surface area contributed by atoms with E-state index in [1.54, 1.807) is 0 Å². The van der Waals surface area contributed by atoms with Crippen LogP contribution in [0, 0.1) is 0 Å². The van der Waals surface area contributed by atoms with Gasteiger partial charge in [0.2, 0.25) is 23.6 Å². The molecule has 0 spiro atoms. The molecule has 172 valence electrons. The average Bonchev–Trinajstić information content (AvgIpc) is 2.65. The number of hydrogen-bond donors (Lipinski definition) is 9. The summed E-state index contributed by atoms with van der Waals surface area (Å²) in [6, 6.07) is -6.12. The molecule has 0 aliphatic carbocycles. The van der Waals surface area contributed by atoms with Crippen molar-refractivity contribution < 1.29 is 44.4 Å². The van der Waals surface area contributed by atoms with Crippen LogP contribution in [0.4, 0.5) is 0 Å². The van der Waals surface area contributed by atoms with Crippen molar-refractivity contribution in [2.75, 3.05) is 6.61 Å². The molecule has 11 N–H and O–H groups in total. The van der Waals surface area contributed by atoms with Crippen molar-refractivity contribution in [3.63, 3.8) is 0 Å². The second-order valence-electron chi connectivity index (χ2n) is 6.64. The lowest BCUT2D eigenvalue weighted by Crippen LogP contribution is -2.61. The van der Waals surface area contributed by atoms with E-state index in [2.05, 4.69) is 16.0 Å². The van der Waals surface area contributed by atoms with E-state index in [1.807, 2.05) is 0 Å². The van der Waals surface area contributed by atoms with Gasteiger partial charge in [-0.1, -0.05) is 0 Å². The molecule has 0 bridgehead atoms. The summed E-state index contributed by atoms with van der Waals surface area (Å²) in [7, 11) is 0. The van der Waals surface area contributed by atoms with Gasteiger partial charge in [0.15, 0.2) is 0 Å². The number of carbonyl (C=O) groups is 5. The number of aliphatic hydroxyl groups is 3. The summed E-state index contributed by atoms with van der Waals surface area (Å²) in [4.78, 5) is 58.5. The summed E-state index contributed by atoms with van der Waals surface area (Å²) in [5, 5.41) is 43.8. The zero-order chi connectivity index (χ0) is 23.6. The zero-order valence-electron chi connectivity index (χ0n) is 16.6. The molecule has 0 aromatic rings. The lowest BCUT2D eigenvalue weighted by Gasteiger charge is -2.26. The summed E-state index contributed by atoms with van der Waals surface area (Å²) < 4.78 is 0. The summed E-state index contributed by atoms with van der Waals surface area (Å²) >= 11 is 0.